The number of para-hydroxylation sites is 1. The SMILES string of the molecule is O=S1(=O)c2ccccc2CN1c1ccnc(Oc2ccccc2)n1. The lowest BCUT2D eigenvalue weighted by Gasteiger charge is -2.16. The molecule has 4 rings (SSSR count). The van der Waals surface area contributed by atoms with E-state index in [4.69, 9.17) is 4.74 Å². The molecule has 0 unspecified atom stereocenters. The number of ether oxygens (including phenoxy) is 1. The molecule has 2 aromatic carbocycles. The quantitative estimate of drug-likeness (QED) is 0.733. The van der Waals surface area contributed by atoms with Gasteiger partial charge >= 0.3 is 6.01 Å². The fraction of sp³-hybridized carbons (Fsp3) is 0.0588. The average molecular weight is 339 g/mol. The van der Waals surface area contributed by atoms with E-state index in [0.29, 0.717) is 10.6 Å². The van der Waals surface area contributed by atoms with E-state index in [-0.39, 0.29) is 18.4 Å². The summed E-state index contributed by atoms with van der Waals surface area (Å²) in [5, 5.41) is 0. The Balaban J connectivity index is 1.68. The summed E-state index contributed by atoms with van der Waals surface area (Å²) >= 11 is 0. The van der Waals surface area contributed by atoms with Gasteiger partial charge in [0.05, 0.1) is 11.4 Å². The van der Waals surface area contributed by atoms with Crippen molar-refractivity contribution in [2.75, 3.05) is 4.31 Å². The van der Waals surface area contributed by atoms with Gasteiger partial charge in [0.25, 0.3) is 10.0 Å². The van der Waals surface area contributed by atoms with Crippen LogP contribution in [0.25, 0.3) is 0 Å². The van der Waals surface area contributed by atoms with Crippen molar-refractivity contribution in [3.63, 3.8) is 0 Å². The number of anilines is 1. The molecule has 1 aliphatic rings. The highest BCUT2D eigenvalue weighted by molar-refractivity contribution is 7.93. The standard InChI is InChI=1S/C17H13N3O3S/c21-24(22)15-9-5-4-6-13(15)12-20(24)16-10-11-18-17(19-16)23-14-7-2-1-3-8-14/h1-11H,12H2. The molecule has 0 radical (unpaired) electrons. The number of nitrogens with zero attached hydrogens (tertiary/aromatic N) is 3. The van der Waals surface area contributed by atoms with Gasteiger partial charge in [-0.3, -0.25) is 0 Å². The number of rotatable bonds is 3. The second kappa shape index (κ2) is 5.61. The molecule has 7 heteroatoms. The molecule has 0 spiro atoms. The van der Waals surface area contributed by atoms with Crippen LogP contribution in [0.5, 0.6) is 11.8 Å². The maximum absolute atomic E-state index is 12.7. The largest absolute Gasteiger partial charge is 0.424 e. The van der Waals surface area contributed by atoms with Crippen molar-refractivity contribution in [2.45, 2.75) is 11.4 Å². The molecule has 1 aromatic heterocycles. The summed E-state index contributed by atoms with van der Waals surface area (Å²) < 4.78 is 32.2. The number of aromatic nitrogens is 2. The zero-order valence-electron chi connectivity index (χ0n) is 12.5. The number of sulfonamides is 1. The summed E-state index contributed by atoms with van der Waals surface area (Å²) in [6, 6.07) is 17.7. The predicted molar refractivity (Wildman–Crippen MR) is 88.4 cm³/mol. The summed E-state index contributed by atoms with van der Waals surface area (Å²) in [6.07, 6.45) is 1.49. The smallest absolute Gasteiger partial charge is 0.323 e. The van der Waals surface area contributed by atoms with E-state index in [0.717, 1.165) is 5.56 Å². The van der Waals surface area contributed by atoms with Gasteiger partial charge in [-0.2, -0.15) is 4.98 Å². The highest BCUT2D eigenvalue weighted by Crippen LogP contribution is 2.33. The Morgan fingerprint density at radius 2 is 1.71 bits per heavy atom. The van der Waals surface area contributed by atoms with E-state index in [1.807, 2.05) is 24.3 Å². The molecule has 2 heterocycles. The maximum atomic E-state index is 12.7. The molecule has 0 fully saturated rings. The Bertz CT molecular complexity index is 991. The molecule has 0 N–H and O–H groups in total. The van der Waals surface area contributed by atoms with E-state index < -0.39 is 10.0 Å². The fourth-order valence-electron chi connectivity index (χ4n) is 2.56. The van der Waals surface area contributed by atoms with Crippen LogP contribution < -0.4 is 9.04 Å². The van der Waals surface area contributed by atoms with Gasteiger partial charge in [0.2, 0.25) is 0 Å². The number of hydrogen-bond acceptors (Lipinski definition) is 5. The molecule has 0 aliphatic carbocycles. The maximum Gasteiger partial charge on any atom is 0.323 e. The third-order valence-electron chi connectivity index (χ3n) is 3.68. The second-order valence-electron chi connectivity index (χ2n) is 5.23. The van der Waals surface area contributed by atoms with Crippen LogP contribution in [-0.4, -0.2) is 18.4 Å². The third kappa shape index (κ3) is 2.48. The molecule has 3 aromatic rings. The van der Waals surface area contributed by atoms with Gasteiger partial charge in [-0.05, 0) is 23.8 Å². The summed E-state index contributed by atoms with van der Waals surface area (Å²) in [5.41, 5.74) is 0.752. The first kappa shape index (κ1) is 14.6. The van der Waals surface area contributed by atoms with Crippen molar-refractivity contribution < 1.29 is 13.2 Å². The van der Waals surface area contributed by atoms with Crippen LogP contribution in [0.15, 0.2) is 71.8 Å². The van der Waals surface area contributed by atoms with Crippen molar-refractivity contribution in [1.82, 2.24) is 9.97 Å². The topological polar surface area (TPSA) is 72.4 Å². The molecule has 0 atom stereocenters. The Labute approximate surface area is 139 Å². The Morgan fingerprint density at radius 1 is 0.958 bits per heavy atom. The van der Waals surface area contributed by atoms with Crippen molar-refractivity contribution in [3.8, 4) is 11.8 Å². The minimum absolute atomic E-state index is 0.102. The molecule has 120 valence electrons. The first-order valence-electron chi connectivity index (χ1n) is 7.31. The first-order chi connectivity index (χ1) is 11.6. The summed E-state index contributed by atoms with van der Waals surface area (Å²) in [7, 11) is -3.60. The molecule has 24 heavy (non-hydrogen) atoms. The molecular formula is C17H13N3O3S. The van der Waals surface area contributed by atoms with Gasteiger partial charge in [0.1, 0.15) is 11.6 Å². The highest BCUT2D eigenvalue weighted by atomic mass is 32.2. The van der Waals surface area contributed by atoms with Crippen molar-refractivity contribution in [1.29, 1.82) is 0 Å². The van der Waals surface area contributed by atoms with Crippen LogP contribution in [0, 0.1) is 0 Å². The van der Waals surface area contributed by atoms with Crippen molar-refractivity contribution in [3.05, 3.63) is 72.4 Å². The summed E-state index contributed by atoms with van der Waals surface area (Å²) in [4.78, 5) is 8.60. The zero-order valence-corrected chi connectivity index (χ0v) is 13.3. The van der Waals surface area contributed by atoms with Crippen molar-refractivity contribution in [2.24, 2.45) is 0 Å². The third-order valence-corrected chi connectivity index (χ3v) is 5.53. The Hall–Kier alpha value is -2.93. The van der Waals surface area contributed by atoms with E-state index in [1.165, 1.54) is 10.5 Å². The first-order valence-corrected chi connectivity index (χ1v) is 8.75. The zero-order chi connectivity index (χ0) is 16.6. The normalized spacial score (nSPS) is 15.1. The summed E-state index contributed by atoms with van der Waals surface area (Å²) in [5.74, 6) is 0.870. The van der Waals surface area contributed by atoms with E-state index in [1.54, 1.807) is 36.4 Å². The molecule has 0 saturated carbocycles. The van der Waals surface area contributed by atoms with Crippen LogP contribution in [0.4, 0.5) is 5.82 Å². The Kier molecular flexibility index (Phi) is 3.42. The average Bonchev–Trinajstić information content (AvgIpc) is 2.88. The molecule has 0 saturated heterocycles. The number of benzene rings is 2. The van der Waals surface area contributed by atoms with Crippen LogP contribution in [0.3, 0.4) is 0 Å². The van der Waals surface area contributed by atoms with Crippen LogP contribution in [-0.2, 0) is 16.6 Å². The van der Waals surface area contributed by atoms with E-state index in [9.17, 15) is 8.42 Å². The molecule has 6 nitrogen and oxygen atoms in total. The molecule has 0 amide bonds. The van der Waals surface area contributed by atoms with Crippen LogP contribution in [0.2, 0.25) is 0 Å². The highest BCUT2D eigenvalue weighted by Gasteiger charge is 2.35. The van der Waals surface area contributed by atoms with Gasteiger partial charge < -0.3 is 4.74 Å². The van der Waals surface area contributed by atoms with Gasteiger partial charge in [-0.25, -0.2) is 17.7 Å². The van der Waals surface area contributed by atoms with Crippen LogP contribution in [0.1, 0.15) is 5.56 Å². The fourth-order valence-corrected chi connectivity index (χ4v) is 4.17. The minimum atomic E-state index is -3.60. The monoisotopic (exact) mass is 339 g/mol. The summed E-state index contributed by atoms with van der Waals surface area (Å²) in [6.45, 7) is 0.250. The predicted octanol–water partition coefficient (Wildman–Crippen LogP) is 2.98. The van der Waals surface area contributed by atoms with Gasteiger partial charge in [0, 0.05) is 12.3 Å². The van der Waals surface area contributed by atoms with E-state index in [2.05, 4.69) is 9.97 Å². The molecular weight excluding hydrogens is 326 g/mol. The van der Waals surface area contributed by atoms with Gasteiger partial charge in [-0.15, -0.1) is 0 Å². The molecule has 0 bridgehead atoms. The second-order valence-corrected chi connectivity index (χ2v) is 7.06. The van der Waals surface area contributed by atoms with Gasteiger partial charge in [0.15, 0.2) is 0 Å². The lowest BCUT2D eigenvalue weighted by Crippen LogP contribution is -2.24. The lowest BCUT2D eigenvalue weighted by atomic mass is 10.2. The minimum Gasteiger partial charge on any atom is -0.424 e. The number of hydrogen-bond donors (Lipinski definition) is 0. The van der Waals surface area contributed by atoms with Crippen LogP contribution >= 0.6 is 0 Å². The number of fused-ring (bicyclic) bond motifs is 1. The lowest BCUT2D eigenvalue weighted by molar-refractivity contribution is 0.442. The molecule has 1 aliphatic heterocycles. The van der Waals surface area contributed by atoms with E-state index >= 15 is 0 Å². The van der Waals surface area contributed by atoms with Gasteiger partial charge in [-0.1, -0.05) is 36.4 Å². The van der Waals surface area contributed by atoms with Crippen molar-refractivity contribution >= 4 is 15.8 Å². The Morgan fingerprint density at radius 3 is 2.50 bits per heavy atom.